The fourth-order valence-electron chi connectivity index (χ4n) is 5.23. The standard InChI is InChI=1S/C18H30N2O4S/c1-4-19-16(22)13-6-9-20(10-7-13)25(23,24)12-18-8-5-14(11-15(18)21)17(18,2)3/h13-14H,4-12H2,1-3H3,(H,19,22). The number of Topliss-reactive ketones (excluding diaryl/α,β-unsaturated/α-hetero) is 1. The van der Waals surface area contributed by atoms with Gasteiger partial charge in [0.1, 0.15) is 5.78 Å². The second kappa shape index (κ2) is 6.34. The molecule has 1 N–H and O–H groups in total. The van der Waals surface area contributed by atoms with Crippen LogP contribution in [0.3, 0.4) is 0 Å². The first-order valence-electron chi connectivity index (χ1n) is 9.43. The zero-order chi connectivity index (χ0) is 18.5. The Bertz CT molecular complexity index is 665. The fourth-order valence-corrected chi connectivity index (χ4v) is 7.48. The van der Waals surface area contributed by atoms with Crippen LogP contribution in [-0.4, -0.2) is 49.8 Å². The van der Waals surface area contributed by atoms with E-state index in [1.807, 2.05) is 6.92 Å². The average Bonchev–Trinajstić information content (AvgIpc) is 2.89. The summed E-state index contributed by atoms with van der Waals surface area (Å²) in [7, 11) is -3.50. The lowest BCUT2D eigenvalue weighted by Gasteiger charge is -2.39. The van der Waals surface area contributed by atoms with Gasteiger partial charge in [-0.05, 0) is 43.9 Å². The first-order chi connectivity index (χ1) is 11.6. The topological polar surface area (TPSA) is 83.6 Å². The molecule has 0 aromatic heterocycles. The number of ketones is 1. The van der Waals surface area contributed by atoms with E-state index in [9.17, 15) is 18.0 Å². The molecule has 0 spiro atoms. The van der Waals surface area contributed by atoms with Gasteiger partial charge < -0.3 is 5.32 Å². The first kappa shape index (κ1) is 18.8. The molecule has 1 aliphatic heterocycles. The van der Waals surface area contributed by atoms with Crippen LogP contribution in [0.2, 0.25) is 0 Å². The van der Waals surface area contributed by atoms with Crippen LogP contribution in [0.4, 0.5) is 0 Å². The normalized spacial score (nSPS) is 32.9. The van der Waals surface area contributed by atoms with Crippen LogP contribution in [-0.2, 0) is 19.6 Å². The van der Waals surface area contributed by atoms with Crippen molar-refractivity contribution in [1.82, 2.24) is 9.62 Å². The predicted octanol–water partition coefficient (Wildman–Crippen LogP) is 1.56. The van der Waals surface area contributed by atoms with E-state index in [0.717, 1.165) is 6.42 Å². The van der Waals surface area contributed by atoms with Crippen LogP contribution in [0, 0.1) is 22.7 Å². The van der Waals surface area contributed by atoms with Crippen molar-refractivity contribution in [3.8, 4) is 0 Å². The molecule has 2 atom stereocenters. The number of nitrogens with one attached hydrogen (secondary N) is 1. The number of carbonyl (C=O) groups excluding carboxylic acids is 2. The van der Waals surface area contributed by atoms with Crippen LogP contribution in [0.5, 0.6) is 0 Å². The average molecular weight is 371 g/mol. The molecular weight excluding hydrogens is 340 g/mol. The third-order valence-corrected chi connectivity index (χ3v) is 9.15. The summed E-state index contributed by atoms with van der Waals surface area (Å²) in [5.74, 6) is 0.302. The molecular formula is C18H30N2O4S. The van der Waals surface area contributed by atoms with E-state index in [1.54, 1.807) is 0 Å². The Kier molecular flexibility index (Phi) is 4.77. The fraction of sp³-hybridized carbons (Fsp3) is 0.889. The third kappa shape index (κ3) is 2.93. The molecule has 142 valence electrons. The maximum Gasteiger partial charge on any atom is 0.223 e. The Morgan fingerprint density at radius 2 is 1.88 bits per heavy atom. The predicted molar refractivity (Wildman–Crippen MR) is 95.3 cm³/mol. The zero-order valence-electron chi connectivity index (χ0n) is 15.5. The molecule has 3 aliphatic rings. The van der Waals surface area contributed by atoms with Crippen LogP contribution >= 0.6 is 0 Å². The van der Waals surface area contributed by atoms with E-state index in [4.69, 9.17) is 0 Å². The highest BCUT2D eigenvalue weighted by Crippen LogP contribution is 2.64. The van der Waals surface area contributed by atoms with Crippen molar-refractivity contribution < 1.29 is 18.0 Å². The Morgan fingerprint density at radius 1 is 1.24 bits per heavy atom. The second-order valence-corrected chi connectivity index (χ2v) is 10.5. The molecule has 6 nitrogen and oxygen atoms in total. The number of amides is 1. The monoisotopic (exact) mass is 370 g/mol. The van der Waals surface area contributed by atoms with Gasteiger partial charge in [-0.15, -0.1) is 0 Å². The highest BCUT2D eigenvalue weighted by molar-refractivity contribution is 7.89. The van der Waals surface area contributed by atoms with E-state index in [2.05, 4.69) is 19.2 Å². The van der Waals surface area contributed by atoms with Gasteiger partial charge in [0.2, 0.25) is 15.9 Å². The maximum absolute atomic E-state index is 13.0. The smallest absolute Gasteiger partial charge is 0.223 e. The van der Waals surface area contributed by atoms with E-state index >= 15 is 0 Å². The zero-order valence-corrected chi connectivity index (χ0v) is 16.3. The van der Waals surface area contributed by atoms with Crippen molar-refractivity contribution in [1.29, 1.82) is 0 Å². The molecule has 2 bridgehead atoms. The molecule has 2 aliphatic carbocycles. The minimum Gasteiger partial charge on any atom is -0.356 e. The first-order valence-corrected chi connectivity index (χ1v) is 11.0. The molecule has 1 heterocycles. The molecule has 0 aromatic rings. The number of piperidine rings is 1. The number of rotatable bonds is 5. The van der Waals surface area contributed by atoms with Gasteiger partial charge in [0.05, 0.1) is 5.75 Å². The number of sulfonamides is 1. The summed E-state index contributed by atoms with van der Waals surface area (Å²) >= 11 is 0. The second-order valence-electron chi connectivity index (χ2n) is 8.49. The number of hydrogen-bond acceptors (Lipinski definition) is 4. The number of nitrogens with zero attached hydrogens (tertiary/aromatic N) is 1. The molecule has 2 unspecified atom stereocenters. The third-order valence-electron chi connectivity index (χ3n) is 7.14. The van der Waals surface area contributed by atoms with Crippen molar-refractivity contribution in [2.75, 3.05) is 25.4 Å². The van der Waals surface area contributed by atoms with Gasteiger partial charge in [-0.25, -0.2) is 12.7 Å². The Hall–Kier alpha value is -0.950. The molecule has 3 fully saturated rings. The van der Waals surface area contributed by atoms with Gasteiger partial charge in [0.15, 0.2) is 0 Å². The van der Waals surface area contributed by atoms with Gasteiger partial charge in [0, 0.05) is 37.4 Å². The van der Waals surface area contributed by atoms with E-state index in [1.165, 1.54) is 4.31 Å². The molecule has 2 saturated carbocycles. The highest BCUT2D eigenvalue weighted by atomic mass is 32.2. The quantitative estimate of drug-likeness (QED) is 0.796. The number of carbonyl (C=O) groups is 2. The lowest BCUT2D eigenvalue weighted by Crippen LogP contribution is -2.49. The van der Waals surface area contributed by atoms with Crippen molar-refractivity contribution in [2.45, 2.75) is 52.9 Å². The minimum absolute atomic E-state index is 0.0175. The lowest BCUT2D eigenvalue weighted by atomic mass is 9.70. The molecule has 0 aromatic carbocycles. The van der Waals surface area contributed by atoms with Gasteiger partial charge in [0.25, 0.3) is 0 Å². The Balaban J connectivity index is 1.70. The summed E-state index contributed by atoms with van der Waals surface area (Å²) in [5, 5.41) is 2.81. The minimum atomic E-state index is -3.50. The van der Waals surface area contributed by atoms with Gasteiger partial charge in [-0.2, -0.15) is 0 Å². The SMILES string of the molecule is CCNC(=O)C1CCN(S(=O)(=O)CC23CCC(CC2=O)C3(C)C)CC1. The van der Waals surface area contributed by atoms with E-state index in [-0.39, 0.29) is 28.8 Å². The van der Waals surface area contributed by atoms with Crippen molar-refractivity contribution in [2.24, 2.45) is 22.7 Å². The molecule has 0 radical (unpaired) electrons. The van der Waals surface area contributed by atoms with Crippen LogP contribution in [0.15, 0.2) is 0 Å². The summed E-state index contributed by atoms with van der Waals surface area (Å²) in [6.07, 6.45) is 3.28. The van der Waals surface area contributed by atoms with Crippen molar-refractivity contribution >= 4 is 21.7 Å². The Morgan fingerprint density at radius 3 is 2.36 bits per heavy atom. The molecule has 25 heavy (non-hydrogen) atoms. The molecule has 3 rings (SSSR count). The lowest BCUT2D eigenvalue weighted by molar-refractivity contribution is -0.128. The number of hydrogen-bond donors (Lipinski definition) is 1. The summed E-state index contributed by atoms with van der Waals surface area (Å²) in [5.41, 5.74) is -0.955. The van der Waals surface area contributed by atoms with E-state index < -0.39 is 15.4 Å². The maximum atomic E-state index is 13.0. The summed E-state index contributed by atoms with van der Waals surface area (Å²) in [4.78, 5) is 24.6. The van der Waals surface area contributed by atoms with Crippen LogP contribution < -0.4 is 5.32 Å². The summed E-state index contributed by atoms with van der Waals surface area (Å²) in [6.45, 7) is 7.35. The van der Waals surface area contributed by atoms with Crippen molar-refractivity contribution in [3.05, 3.63) is 0 Å². The molecule has 1 amide bonds. The summed E-state index contributed by atoms with van der Waals surface area (Å²) in [6, 6.07) is 0. The van der Waals surface area contributed by atoms with E-state index in [0.29, 0.717) is 51.2 Å². The summed E-state index contributed by atoms with van der Waals surface area (Å²) < 4.78 is 27.6. The largest absolute Gasteiger partial charge is 0.356 e. The van der Waals surface area contributed by atoms with Crippen molar-refractivity contribution in [3.63, 3.8) is 0 Å². The van der Waals surface area contributed by atoms with Gasteiger partial charge in [-0.3, -0.25) is 9.59 Å². The molecule has 7 heteroatoms. The van der Waals surface area contributed by atoms with Gasteiger partial charge >= 0.3 is 0 Å². The van der Waals surface area contributed by atoms with Crippen LogP contribution in [0.25, 0.3) is 0 Å². The number of fused-ring (bicyclic) bond motifs is 2. The van der Waals surface area contributed by atoms with Crippen LogP contribution in [0.1, 0.15) is 52.9 Å². The Labute approximate surface area is 150 Å². The van der Waals surface area contributed by atoms with Gasteiger partial charge in [-0.1, -0.05) is 13.8 Å². The highest BCUT2D eigenvalue weighted by Gasteiger charge is 2.65. The molecule has 1 saturated heterocycles.